The molecule has 3 rings (SSSR count). The molecule has 100 valence electrons. The minimum absolute atomic E-state index is 0.0686. The molecule has 2 heterocycles. The molecule has 1 aromatic carbocycles. The van der Waals surface area contributed by atoms with Crippen LogP contribution < -0.4 is 5.32 Å². The van der Waals surface area contributed by atoms with Gasteiger partial charge in [0, 0.05) is 30.6 Å². The van der Waals surface area contributed by atoms with Crippen LogP contribution in [0.1, 0.15) is 12.5 Å². The maximum atomic E-state index is 11.0. The summed E-state index contributed by atoms with van der Waals surface area (Å²) in [6, 6.07) is 11.8. The summed E-state index contributed by atoms with van der Waals surface area (Å²) in [5, 5.41) is 2.75. The molecule has 0 atom stereocenters. The number of aromatic nitrogens is 2. The molecular formula is C16H15N3O. The number of carbonyl (C=O) groups is 1. The minimum atomic E-state index is -0.0686. The lowest BCUT2D eigenvalue weighted by Gasteiger charge is -2.02. The number of nitrogens with one attached hydrogen (secondary N) is 1. The third-order valence-electron chi connectivity index (χ3n) is 3.12. The summed E-state index contributed by atoms with van der Waals surface area (Å²) in [7, 11) is 0. The second kappa shape index (κ2) is 4.81. The highest BCUT2D eigenvalue weighted by molar-refractivity contribution is 5.88. The first-order valence-corrected chi connectivity index (χ1v) is 6.45. The molecule has 2 aromatic heterocycles. The fourth-order valence-corrected chi connectivity index (χ4v) is 2.15. The Morgan fingerprint density at radius 2 is 1.95 bits per heavy atom. The van der Waals surface area contributed by atoms with Crippen molar-refractivity contribution in [2.24, 2.45) is 0 Å². The van der Waals surface area contributed by atoms with Crippen LogP contribution in [0.25, 0.3) is 16.9 Å². The number of imidazole rings is 1. The SMILES string of the molecule is CC(=O)Nc1ccc(-c2cn3ccc(C)cc3n2)cc1. The molecule has 1 amide bonds. The van der Waals surface area contributed by atoms with E-state index in [4.69, 9.17) is 0 Å². The first-order chi connectivity index (χ1) is 9.61. The Labute approximate surface area is 117 Å². The number of carbonyl (C=O) groups excluding carboxylic acids is 1. The number of aryl methyl sites for hydroxylation is 1. The van der Waals surface area contributed by atoms with Gasteiger partial charge in [-0.15, -0.1) is 0 Å². The van der Waals surface area contributed by atoms with E-state index in [-0.39, 0.29) is 5.91 Å². The zero-order valence-corrected chi connectivity index (χ0v) is 11.4. The summed E-state index contributed by atoms with van der Waals surface area (Å²) in [5.74, 6) is -0.0686. The molecule has 0 aliphatic carbocycles. The third kappa shape index (κ3) is 2.40. The second-order valence-corrected chi connectivity index (χ2v) is 4.85. The van der Waals surface area contributed by atoms with Gasteiger partial charge in [0.25, 0.3) is 0 Å². The summed E-state index contributed by atoms with van der Waals surface area (Å²) in [6.07, 6.45) is 4.01. The second-order valence-electron chi connectivity index (χ2n) is 4.85. The lowest BCUT2D eigenvalue weighted by atomic mass is 10.1. The Morgan fingerprint density at radius 3 is 2.65 bits per heavy atom. The normalized spacial score (nSPS) is 10.7. The molecule has 0 radical (unpaired) electrons. The van der Waals surface area contributed by atoms with Crippen molar-refractivity contribution in [2.75, 3.05) is 5.32 Å². The molecule has 3 aromatic rings. The maximum absolute atomic E-state index is 11.0. The lowest BCUT2D eigenvalue weighted by Crippen LogP contribution is -2.05. The van der Waals surface area contributed by atoms with Crippen molar-refractivity contribution in [3.8, 4) is 11.3 Å². The average molecular weight is 265 g/mol. The Balaban J connectivity index is 1.96. The van der Waals surface area contributed by atoms with Gasteiger partial charge >= 0.3 is 0 Å². The van der Waals surface area contributed by atoms with Crippen molar-refractivity contribution in [3.05, 3.63) is 54.4 Å². The van der Waals surface area contributed by atoms with Crippen LogP contribution in [0, 0.1) is 6.92 Å². The fraction of sp³-hybridized carbons (Fsp3) is 0.125. The summed E-state index contributed by atoms with van der Waals surface area (Å²) in [6.45, 7) is 3.55. The Bertz CT molecular complexity index is 772. The monoisotopic (exact) mass is 265 g/mol. The van der Waals surface area contributed by atoms with Gasteiger partial charge in [0.15, 0.2) is 0 Å². The van der Waals surface area contributed by atoms with Gasteiger partial charge in [-0.05, 0) is 36.8 Å². The van der Waals surface area contributed by atoms with E-state index < -0.39 is 0 Å². The van der Waals surface area contributed by atoms with Crippen molar-refractivity contribution in [1.82, 2.24) is 9.38 Å². The molecule has 0 aliphatic rings. The Kier molecular flexibility index (Phi) is 2.99. The summed E-state index contributed by atoms with van der Waals surface area (Å²) in [5.41, 5.74) is 4.87. The van der Waals surface area contributed by atoms with E-state index in [1.807, 2.05) is 41.1 Å². The largest absolute Gasteiger partial charge is 0.326 e. The summed E-state index contributed by atoms with van der Waals surface area (Å²) >= 11 is 0. The molecule has 0 fully saturated rings. The van der Waals surface area contributed by atoms with Crippen LogP contribution in [-0.2, 0) is 4.79 Å². The molecule has 0 unspecified atom stereocenters. The average Bonchev–Trinajstić information content (AvgIpc) is 2.81. The lowest BCUT2D eigenvalue weighted by molar-refractivity contribution is -0.114. The van der Waals surface area contributed by atoms with Gasteiger partial charge in [0.2, 0.25) is 5.91 Å². The number of pyridine rings is 1. The highest BCUT2D eigenvalue weighted by Crippen LogP contribution is 2.21. The zero-order valence-electron chi connectivity index (χ0n) is 11.4. The van der Waals surface area contributed by atoms with E-state index >= 15 is 0 Å². The van der Waals surface area contributed by atoms with Crippen molar-refractivity contribution in [3.63, 3.8) is 0 Å². The van der Waals surface area contributed by atoms with E-state index in [2.05, 4.69) is 29.4 Å². The number of hydrogen-bond acceptors (Lipinski definition) is 2. The highest BCUT2D eigenvalue weighted by Gasteiger charge is 2.04. The molecule has 1 N–H and O–H groups in total. The van der Waals surface area contributed by atoms with Crippen molar-refractivity contribution in [1.29, 1.82) is 0 Å². The van der Waals surface area contributed by atoms with Gasteiger partial charge in [-0.2, -0.15) is 0 Å². The fourth-order valence-electron chi connectivity index (χ4n) is 2.15. The molecule has 4 heteroatoms. The standard InChI is InChI=1S/C16H15N3O/c1-11-7-8-19-10-15(18-16(19)9-11)13-3-5-14(6-4-13)17-12(2)20/h3-10H,1-2H3,(H,17,20). The smallest absolute Gasteiger partial charge is 0.221 e. The van der Waals surface area contributed by atoms with Crippen LogP contribution in [0.2, 0.25) is 0 Å². The maximum Gasteiger partial charge on any atom is 0.221 e. The van der Waals surface area contributed by atoms with Crippen molar-refractivity contribution >= 4 is 17.2 Å². The molecule has 0 bridgehead atoms. The summed E-state index contributed by atoms with van der Waals surface area (Å²) < 4.78 is 2.00. The third-order valence-corrected chi connectivity index (χ3v) is 3.12. The van der Waals surface area contributed by atoms with Crippen LogP contribution in [0.15, 0.2) is 48.8 Å². The molecular weight excluding hydrogens is 250 g/mol. The number of anilines is 1. The van der Waals surface area contributed by atoms with E-state index in [1.54, 1.807) is 0 Å². The number of benzene rings is 1. The van der Waals surface area contributed by atoms with E-state index in [0.29, 0.717) is 0 Å². The van der Waals surface area contributed by atoms with Gasteiger partial charge in [-0.25, -0.2) is 4.98 Å². The first-order valence-electron chi connectivity index (χ1n) is 6.45. The zero-order chi connectivity index (χ0) is 14.1. The Hall–Kier alpha value is -2.62. The number of rotatable bonds is 2. The Morgan fingerprint density at radius 1 is 1.20 bits per heavy atom. The highest BCUT2D eigenvalue weighted by atomic mass is 16.1. The summed E-state index contributed by atoms with van der Waals surface area (Å²) in [4.78, 5) is 15.6. The van der Waals surface area contributed by atoms with Crippen LogP contribution >= 0.6 is 0 Å². The molecule has 20 heavy (non-hydrogen) atoms. The quantitative estimate of drug-likeness (QED) is 0.773. The van der Waals surface area contributed by atoms with E-state index in [0.717, 1.165) is 22.6 Å². The number of fused-ring (bicyclic) bond motifs is 1. The predicted molar refractivity (Wildman–Crippen MR) is 79.7 cm³/mol. The van der Waals surface area contributed by atoms with Crippen LogP contribution in [0.3, 0.4) is 0 Å². The van der Waals surface area contributed by atoms with E-state index in [1.165, 1.54) is 12.5 Å². The van der Waals surface area contributed by atoms with Crippen LogP contribution in [0.4, 0.5) is 5.69 Å². The molecule has 0 saturated carbocycles. The van der Waals surface area contributed by atoms with Gasteiger partial charge in [0.05, 0.1) is 5.69 Å². The molecule has 0 aliphatic heterocycles. The molecule has 0 spiro atoms. The number of hydrogen-bond donors (Lipinski definition) is 1. The molecule has 0 saturated heterocycles. The first kappa shape index (κ1) is 12.4. The van der Waals surface area contributed by atoms with Gasteiger partial charge in [-0.1, -0.05) is 12.1 Å². The van der Waals surface area contributed by atoms with Crippen molar-refractivity contribution < 1.29 is 4.79 Å². The van der Waals surface area contributed by atoms with Gasteiger partial charge < -0.3 is 9.72 Å². The topological polar surface area (TPSA) is 46.4 Å². The predicted octanol–water partition coefficient (Wildman–Crippen LogP) is 3.27. The van der Waals surface area contributed by atoms with E-state index in [9.17, 15) is 4.79 Å². The minimum Gasteiger partial charge on any atom is -0.326 e. The van der Waals surface area contributed by atoms with Crippen molar-refractivity contribution in [2.45, 2.75) is 13.8 Å². The van der Waals surface area contributed by atoms with Gasteiger partial charge in [0.1, 0.15) is 5.65 Å². The van der Waals surface area contributed by atoms with Crippen LogP contribution in [0.5, 0.6) is 0 Å². The van der Waals surface area contributed by atoms with Gasteiger partial charge in [-0.3, -0.25) is 4.79 Å². The van der Waals surface area contributed by atoms with Crippen LogP contribution in [-0.4, -0.2) is 15.3 Å². The molecule has 4 nitrogen and oxygen atoms in total. The number of amides is 1. The number of nitrogens with zero attached hydrogens (tertiary/aromatic N) is 2.